The van der Waals surface area contributed by atoms with Gasteiger partial charge in [-0.25, -0.2) is 9.59 Å². The Labute approximate surface area is 125 Å². The minimum absolute atomic E-state index is 0.0774. The lowest BCUT2D eigenvalue weighted by molar-refractivity contribution is -0.327. The third-order valence-corrected chi connectivity index (χ3v) is 2.78. The van der Waals surface area contributed by atoms with E-state index in [1.165, 1.54) is 0 Å². The van der Waals surface area contributed by atoms with Crippen LogP contribution >= 0.6 is 0 Å². The Kier molecular flexibility index (Phi) is 8.57. The Bertz CT molecular complexity index is 352. The highest BCUT2D eigenvalue weighted by molar-refractivity contribution is 5.83. The molecule has 21 heavy (non-hydrogen) atoms. The second-order valence-corrected chi connectivity index (χ2v) is 5.05. The van der Waals surface area contributed by atoms with Crippen molar-refractivity contribution in [2.75, 3.05) is 0 Å². The molecule has 0 saturated heterocycles. The molecular formula is C15H24O6. The lowest BCUT2D eigenvalue weighted by atomic mass is 9.98. The van der Waals surface area contributed by atoms with E-state index in [4.69, 9.17) is 9.47 Å². The van der Waals surface area contributed by atoms with Gasteiger partial charge in [-0.2, -0.15) is 0 Å². The van der Waals surface area contributed by atoms with E-state index in [0.717, 1.165) is 18.6 Å². The first-order valence-corrected chi connectivity index (χ1v) is 6.83. The van der Waals surface area contributed by atoms with Gasteiger partial charge < -0.3 is 19.7 Å². The van der Waals surface area contributed by atoms with Crippen LogP contribution in [-0.4, -0.2) is 34.2 Å². The van der Waals surface area contributed by atoms with Crippen molar-refractivity contribution >= 4 is 11.9 Å². The molecular weight excluding hydrogens is 276 g/mol. The second kappa shape index (κ2) is 9.31. The maximum Gasteiger partial charge on any atom is 0.373 e. The maximum atomic E-state index is 11.2. The van der Waals surface area contributed by atoms with E-state index < -0.39 is 24.0 Å². The molecule has 0 aromatic carbocycles. The van der Waals surface area contributed by atoms with E-state index in [-0.39, 0.29) is 12.3 Å². The Morgan fingerprint density at radius 1 is 1.14 bits per heavy atom. The summed E-state index contributed by atoms with van der Waals surface area (Å²) in [6, 6.07) is 0. The smallest absolute Gasteiger partial charge is 0.373 e. The molecule has 0 aromatic rings. The van der Waals surface area contributed by atoms with Gasteiger partial charge in [0.15, 0.2) is 0 Å². The first-order valence-electron chi connectivity index (χ1n) is 6.83. The van der Waals surface area contributed by atoms with Crippen LogP contribution in [0.1, 0.15) is 39.5 Å². The summed E-state index contributed by atoms with van der Waals surface area (Å²) in [7, 11) is 0. The zero-order valence-electron chi connectivity index (χ0n) is 12.6. The van der Waals surface area contributed by atoms with Gasteiger partial charge in [0, 0.05) is 12.2 Å². The normalized spacial score (nSPS) is 13.9. The zero-order chi connectivity index (χ0) is 16.5. The predicted molar refractivity (Wildman–Crippen MR) is 76.8 cm³/mol. The molecule has 0 saturated carbocycles. The van der Waals surface area contributed by atoms with Crippen molar-refractivity contribution in [1.29, 1.82) is 0 Å². The highest BCUT2D eigenvalue weighted by Crippen LogP contribution is 2.25. The fraction of sp³-hybridized carbons (Fsp3) is 0.600. The molecule has 6 heteroatoms. The zero-order valence-corrected chi connectivity index (χ0v) is 12.6. The third-order valence-electron chi connectivity index (χ3n) is 2.78. The van der Waals surface area contributed by atoms with Crippen LogP contribution in [0.4, 0.5) is 0 Å². The lowest BCUT2D eigenvalue weighted by Crippen LogP contribution is -2.41. The quantitative estimate of drug-likeness (QED) is 0.362. The number of esters is 2. The van der Waals surface area contributed by atoms with Gasteiger partial charge in [0.2, 0.25) is 0 Å². The second-order valence-electron chi connectivity index (χ2n) is 5.05. The summed E-state index contributed by atoms with van der Waals surface area (Å²) >= 11 is 0. The van der Waals surface area contributed by atoms with Crippen molar-refractivity contribution in [3.8, 4) is 0 Å². The van der Waals surface area contributed by atoms with Gasteiger partial charge in [0.25, 0.3) is 0 Å². The molecule has 6 nitrogen and oxygen atoms in total. The number of rotatable bonds is 10. The Morgan fingerprint density at radius 2 is 1.62 bits per heavy atom. The standard InChI is InChI=1S/C15H24O6/c1-5-13(17)20-15(19,21-14(18)6-2)10-11(3)8-7-9-12(4)16/h5-6,11-12,16,19H,1-2,7-10H2,3-4H3. The summed E-state index contributed by atoms with van der Waals surface area (Å²) in [4.78, 5) is 22.5. The number of hydrogen-bond acceptors (Lipinski definition) is 6. The molecule has 0 aliphatic rings. The summed E-state index contributed by atoms with van der Waals surface area (Å²) in [5.74, 6) is -4.24. The molecule has 120 valence electrons. The van der Waals surface area contributed by atoms with Crippen molar-refractivity contribution in [2.45, 2.75) is 51.6 Å². The maximum absolute atomic E-state index is 11.2. The van der Waals surface area contributed by atoms with Crippen LogP contribution in [0.2, 0.25) is 0 Å². The molecule has 0 amide bonds. The van der Waals surface area contributed by atoms with Crippen molar-refractivity contribution in [3.63, 3.8) is 0 Å². The Morgan fingerprint density at radius 3 is 2.00 bits per heavy atom. The van der Waals surface area contributed by atoms with Crippen molar-refractivity contribution in [1.82, 2.24) is 0 Å². The SMILES string of the molecule is C=CC(=O)OC(O)(CC(C)CCCC(C)O)OC(=O)C=C. The molecule has 0 aromatic heterocycles. The predicted octanol–water partition coefficient (Wildman–Crippen LogP) is 1.67. The van der Waals surface area contributed by atoms with Crippen molar-refractivity contribution in [3.05, 3.63) is 25.3 Å². The van der Waals surface area contributed by atoms with Crippen LogP contribution in [-0.2, 0) is 19.1 Å². The van der Waals surface area contributed by atoms with Crippen LogP contribution in [0.15, 0.2) is 25.3 Å². The molecule has 0 rings (SSSR count). The number of carbonyl (C=O) groups excluding carboxylic acids is 2. The minimum atomic E-state index is -2.35. The molecule has 0 heterocycles. The van der Waals surface area contributed by atoms with Crippen LogP contribution in [0, 0.1) is 5.92 Å². The molecule has 0 aliphatic carbocycles. The third kappa shape index (κ3) is 8.99. The van der Waals surface area contributed by atoms with Gasteiger partial charge in [0.1, 0.15) is 0 Å². The van der Waals surface area contributed by atoms with Gasteiger partial charge >= 0.3 is 17.9 Å². The summed E-state index contributed by atoms with van der Waals surface area (Å²) in [5.41, 5.74) is 0. The van der Waals surface area contributed by atoms with Gasteiger partial charge in [-0.3, -0.25) is 0 Å². The number of ether oxygens (including phenoxy) is 2. The van der Waals surface area contributed by atoms with Crippen LogP contribution in [0.3, 0.4) is 0 Å². The van der Waals surface area contributed by atoms with Crippen LogP contribution in [0.25, 0.3) is 0 Å². The summed E-state index contributed by atoms with van der Waals surface area (Å²) in [5, 5.41) is 19.4. The Hall–Kier alpha value is -1.66. The minimum Gasteiger partial charge on any atom is -0.395 e. The van der Waals surface area contributed by atoms with E-state index in [0.29, 0.717) is 12.8 Å². The van der Waals surface area contributed by atoms with Gasteiger partial charge in [-0.15, -0.1) is 0 Å². The molecule has 0 fully saturated rings. The molecule has 0 aliphatic heterocycles. The van der Waals surface area contributed by atoms with Gasteiger partial charge in [-0.1, -0.05) is 32.9 Å². The highest BCUT2D eigenvalue weighted by atomic mass is 16.8. The van der Waals surface area contributed by atoms with Gasteiger partial charge in [-0.05, 0) is 19.3 Å². The van der Waals surface area contributed by atoms with Crippen molar-refractivity contribution < 1.29 is 29.3 Å². The molecule has 2 atom stereocenters. The highest BCUT2D eigenvalue weighted by Gasteiger charge is 2.37. The molecule has 0 bridgehead atoms. The van der Waals surface area contributed by atoms with E-state index in [2.05, 4.69) is 13.2 Å². The molecule has 2 unspecified atom stereocenters. The van der Waals surface area contributed by atoms with Crippen LogP contribution in [0.5, 0.6) is 0 Å². The average Bonchev–Trinajstić information content (AvgIpc) is 2.37. The van der Waals surface area contributed by atoms with E-state index in [1.807, 2.05) is 6.92 Å². The molecule has 0 spiro atoms. The number of carbonyl (C=O) groups is 2. The summed E-state index contributed by atoms with van der Waals surface area (Å²) in [6.45, 7) is 9.95. The monoisotopic (exact) mass is 300 g/mol. The van der Waals surface area contributed by atoms with E-state index in [9.17, 15) is 19.8 Å². The number of aliphatic hydroxyl groups is 2. The number of hydrogen-bond donors (Lipinski definition) is 2. The largest absolute Gasteiger partial charge is 0.395 e. The first kappa shape index (κ1) is 19.3. The van der Waals surface area contributed by atoms with E-state index in [1.54, 1.807) is 6.92 Å². The molecule has 2 N–H and O–H groups in total. The average molecular weight is 300 g/mol. The summed E-state index contributed by atoms with van der Waals surface area (Å²) < 4.78 is 9.43. The lowest BCUT2D eigenvalue weighted by Gasteiger charge is -2.28. The van der Waals surface area contributed by atoms with Crippen molar-refractivity contribution in [2.24, 2.45) is 5.92 Å². The first-order chi connectivity index (χ1) is 9.72. The topological polar surface area (TPSA) is 93.1 Å². The number of aliphatic hydroxyl groups excluding tert-OH is 1. The molecule has 0 radical (unpaired) electrons. The van der Waals surface area contributed by atoms with E-state index >= 15 is 0 Å². The Balaban J connectivity index is 4.64. The fourth-order valence-electron chi connectivity index (χ4n) is 1.81. The fourth-order valence-corrected chi connectivity index (χ4v) is 1.81. The summed E-state index contributed by atoms with van der Waals surface area (Å²) in [6.07, 6.45) is 3.29. The van der Waals surface area contributed by atoms with Crippen LogP contribution < -0.4 is 0 Å². The van der Waals surface area contributed by atoms with Gasteiger partial charge in [0.05, 0.1) is 12.5 Å².